The average Bonchev–Trinajstić information content (AvgIpc) is 2.43. The summed E-state index contributed by atoms with van der Waals surface area (Å²) in [6.45, 7) is 7.36. The fourth-order valence-electron chi connectivity index (χ4n) is 2.31. The minimum absolute atomic E-state index is 0.0778. The van der Waals surface area contributed by atoms with E-state index in [0.29, 0.717) is 0 Å². The molecule has 2 amide bonds. The Morgan fingerprint density at radius 3 is 2.58 bits per heavy atom. The molecular weight excluding hydrogens is 240 g/mol. The molecule has 1 heterocycles. The van der Waals surface area contributed by atoms with Crippen LogP contribution in [0.1, 0.15) is 19.4 Å². The molecule has 1 fully saturated rings. The number of nitrogens with one attached hydrogen (secondary N) is 1. The zero-order valence-electron chi connectivity index (χ0n) is 11.2. The van der Waals surface area contributed by atoms with Gasteiger partial charge in [-0.1, -0.05) is 36.4 Å². The lowest BCUT2D eigenvalue weighted by Gasteiger charge is -2.42. The number of rotatable bonds is 3. The molecule has 2 atom stereocenters. The highest BCUT2D eigenvalue weighted by Crippen LogP contribution is 2.27. The Balaban J connectivity index is 2.42. The number of carbonyl (C=O) groups is 2. The van der Waals surface area contributed by atoms with E-state index in [0.717, 1.165) is 5.56 Å². The van der Waals surface area contributed by atoms with Crippen LogP contribution in [0.4, 0.5) is 0 Å². The highest BCUT2D eigenvalue weighted by atomic mass is 16.2. The first-order valence-corrected chi connectivity index (χ1v) is 6.29. The van der Waals surface area contributed by atoms with E-state index in [9.17, 15) is 9.59 Å². The molecule has 1 N–H and O–H groups in total. The van der Waals surface area contributed by atoms with E-state index in [1.165, 1.54) is 0 Å². The lowest BCUT2D eigenvalue weighted by atomic mass is 9.88. The van der Waals surface area contributed by atoms with E-state index >= 15 is 0 Å². The Hall–Kier alpha value is -2.10. The van der Waals surface area contributed by atoms with Crippen molar-refractivity contribution in [3.63, 3.8) is 0 Å². The number of hydrogen-bond donors (Lipinski definition) is 1. The minimum Gasteiger partial charge on any atom is -0.337 e. The van der Waals surface area contributed by atoms with E-state index in [2.05, 4.69) is 11.9 Å². The van der Waals surface area contributed by atoms with Crippen LogP contribution < -0.4 is 5.32 Å². The van der Waals surface area contributed by atoms with Gasteiger partial charge in [-0.05, 0) is 19.4 Å². The van der Waals surface area contributed by atoms with Gasteiger partial charge >= 0.3 is 0 Å². The van der Waals surface area contributed by atoms with Crippen LogP contribution in [-0.2, 0) is 15.1 Å². The van der Waals surface area contributed by atoms with Crippen molar-refractivity contribution in [1.82, 2.24) is 10.2 Å². The Morgan fingerprint density at radius 1 is 1.37 bits per heavy atom. The van der Waals surface area contributed by atoms with Crippen molar-refractivity contribution in [3.8, 4) is 0 Å². The highest BCUT2D eigenvalue weighted by molar-refractivity contribution is 5.98. The monoisotopic (exact) mass is 258 g/mol. The first-order chi connectivity index (χ1) is 8.99. The molecule has 0 saturated carbocycles. The Kier molecular flexibility index (Phi) is 3.42. The predicted octanol–water partition coefficient (Wildman–Crippen LogP) is 1.43. The van der Waals surface area contributed by atoms with Crippen molar-refractivity contribution < 1.29 is 9.59 Å². The molecule has 1 saturated heterocycles. The van der Waals surface area contributed by atoms with Crippen molar-refractivity contribution in [1.29, 1.82) is 0 Å². The molecule has 4 heteroatoms. The molecule has 2 unspecified atom stereocenters. The summed E-state index contributed by atoms with van der Waals surface area (Å²) >= 11 is 0. The second-order valence-electron chi connectivity index (χ2n) is 4.95. The summed E-state index contributed by atoms with van der Waals surface area (Å²) in [5.41, 5.74) is -0.220. The zero-order chi connectivity index (χ0) is 14.0. The normalized spacial score (nSPS) is 24.8. The number of piperazine rings is 1. The van der Waals surface area contributed by atoms with Crippen LogP contribution in [0.5, 0.6) is 0 Å². The SMILES string of the molecule is C=CC(C)N1CC(=O)NC(C)(c2ccccc2)C1=O. The van der Waals surface area contributed by atoms with Crippen molar-refractivity contribution in [2.24, 2.45) is 0 Å². The van der Waals surface area contributed by atoms with Gasteiger partial charge in [0.15, 0.2) is 0 Å². The molecular formula is C15H18N2O2. The van der Waals surface area contributed by atoms with Crippen LogP contribution in [0.2, 0.25) is 0 Å². The van der Waals surface area contributed by atoms with Crippen LogP contribution in [0.25, 0.3) is 0 Å². The molecule has 1 aliphatic heterocycles. The molecule has 1 aromatic carbocycles. The summed E-state index contributed by atoms with van der Waals surface area (Å²) in [5.74, 6) is -0.259. The fourth-order valence-corrected chi connectivity index (χ4v) is 2.31. The molecule has 4 nitrogen and oxygen atoms in total. The molecule has 0 radical (unpaired) electrons. The molecule has 0 spiro atoms. The van der Waals surface area contributed by atoms with Crippen LogP contribution in [0, 0.1) is 0 Å². The number of benzene rings is 1. The second kappa shape index (κ2) is 4.88. The Morgan fingerprint density at radius 2 is 2.00 bits per heavy atom. The smallest absolute Gasteiger partial charge is 0.253 e. The Bertz CT molecular complexity index is 512. The van der Waals surface area contributed by atoms with Crippen LogP contribution in [0.3, 0.4) is 0 Å². The van der Waals surface area contributed by atoms with Crippen molar-refractivity contribution in [2.45, 2.75) is 25.4 Å². The standard InChI is InChI=1S/C15H18N2O2/c1-4-11(2)17-10-13(18)16-15(3,14(17)19)12-8-6-5-7-9-12/h4-9,11H,1,10H2,2-3H3,(H,16,18). The predicted molar refractivity (Wildman–Crippen MR) is 73.3 cm³/mol. The van der Waals surface area contributed by atoms with Crippen molar-refractivity contribution in [3.05, 3.63) is 48.6 Å². The lowest BCUT2D eigenvalue weighted by Crippen LogP contribution is -2.64. The highest BCUT2D eigenvalue weighted by Gasteiger charge is 2.45. The minimum atomic E-state index is -1.01. The maximum atomic E-state index is 12.7. The van der Waals surface area contributed by atoms with Gasteiger partial charge in [0.1, 0.15) is 12.1 Å². The Labute approximate surface area is 113 Å². The molecule has 1 aromatic rings. The largest absolute Gasteiger partial charge is 0.337 e. The van der Waals surface area contributed by atoms with Crippen LogP contribution in [-0.4, -0.2) is 29.3 Å². The van der Waals surface area contributed by atoms with Gasteiger partial charge in [-0.15, -0.1) is 6.58 Å². The van der Waals surface area contributed by atoms with Crippen LogP contribution in [0.15, 0.2) is 43.0 Å². The molecule has 100 valence electrons. The molecule has 0 aromatic heterocycles. The molecule has 2 rings (SSSR count). The van der Waals surface area contributed by atoms with Gasteiger partial charge in [0.2, 0.25) is 5.91 Å². The second-order valence-corrected chi connectivity index (χ2v) is 4.95. The van der Waals surface area contributed by atoms with E-state index in [1.807, 2.05) is 37.3 Å². The summed E-state index contributed by atoms with van der Waals surface area (Å²) in [6.07, 6.45) is 1.67. The van der Waals surface area contributed by atoms with Gasteiger partial charge < -0.3 is 10.2 Å². The van der Waals surface area contributed by atoms with E-state index in [-0.39, 0.29) is 24.4 Å². The number of carbonyl (C=O) groups excluding carboxylic acids is 2. The summed E-state index contributed by atoms with van der Waals surface area (Å²) in [6, 6.07) is 9.12. The third-order valence-electron chi connectivity index (χ3n) is 3.58. The summed E-state index contributed by atoms with van der Waals surface area (Å²) in [7, 11) is 0. The van der Waals surface area contributed by atoms with Crippen LogP contribution >= 0.6 is 0 Å². The van der Waals surface area contributed by atoms with Gasteiger partial charge in [0, 0.05) is 6.04 Å². The number of hydrogen-bond acceptors (Lipinski definition) is 2. The lowest BCUT2D eigenvalue weighted by molar-refractivity contribution is -0.150. The number of nitrogens with zero attached hydrogens (tertiary/aromatic N) is 1. The fraction of sp³-hybridized carbons (Fsp3) is 0.333. The number of amides is 2. The van der Waals surface area contributed by atoms with E-state index in [1.54, 1.807) is 17.9 Å². The zero-order valence-corrected chi connectivity index (χ0v) is 11.2. The van der Waals surface area contributed by atoms with E-state index < -0.39 is 5.54 Å². The van der Waals surface area contributed by atoms with Crippen molar-refractivity contribution >= 4 is 11.8 Å². The quantitative estimate of drug-likeness (QED) is 0.834. The third-order valence-corrected chi connectivity index (χ3v) is 3.58. The summed E-state index contributed by atoms with van der Waals surface area (Å²) in [4.78, 5) is 26.1. The molecule has 0 aliphatic carbocycles. The van der Waals surface area contributed by atoms with Gasteiger partial charge in [-0.25, -0.2) is 0 Å². The average molecular weight is 258 g/mol. The topological polar surface area (TPSA) is 49.4 Å². The maximum absolute atomic E-state index is 12.7. The summed E-state index contributed by atoms with van der Waals surface area (Å²) in [5, 5.41) is 2.80. The van der Waals surface area contributed by atoms with Gasteiger partial charge in [-0.3, -0.25) is 9.59 Å². The first-order valence-electron chi connectivity index (χ1n) is 6.29. The molecule has 0 bridgehead atoms. The molecule has 1 aliphatic rings. The third kappa shape index (κ3) is 2.26. The van der Waals surface area contributed by atoms with Gasteiger partial charge in [0.25, 0.3) is 5.91 Å². The van der Waals surface area contributed by atoms with Gasteiger partial charge in [0.05, 0.1) is 0 Å². The van der Waals surface area contributed by atoms with Gasteiger partial charge in [-0.2, -0.15) is 0 Å². The van der Waals surface area contributed by atoms with Crippen molar-refractivity contribution in [2.75, 3.05) is 6.54 Å². The summed E-state index contributed by atoms with van der Waals surface area (Å²) < 4.78 is 0. The first kappa shape index (κ1) is 13.3. The van der Waals surface area contributed by atoms with E-state index in [4.69, 9.17) is 0 Å². The maximum Gasteiger partial charge on any atom is 0.253 e. The molecule has 19 heavy (non-hydrogen) atoms.